The number of amides is 3. The van der Waals surface area contributed by atoms with E-state index in [4.69, 9.17) is 18.9 Å². The lowest BCUT2D eigenvalue weighted by atomic mass is 10.0. The Morgan fingerprint density at radius 1 is 0.787 bits per heavy atom. The molecule has 0 fully saturated rings. The van der Waals surface area contributed by atoms with E-state index < -0.39 is 66.2 Å². The van der Waals surface area contributed by atoms with E-state index in [0.717, 1.165) is 0 Å². The highest BCUT2D eigenvalue weighted by Gasteiger charge is 2.32. The van der Waals surface area contributed by atoms with E-state index in [1.165, 1.54) is 0 Å². The number of carbonyl (C=O) groups excluding carboxylic acids is 4. The average Bonchev–Trinajstić information content (AvgIpc) is 3.43. The van der Waals surface area contributed by atoms with Crippen molar-refractivity contribution in [2.75, 3.05) is 11.9 Å². The second-order valence-corrected chi connectivity index (χ2v) is 12.7. The highest BCUT2D eigenvalue weighted by molar-refractivity contribution is 7.09. The summed E-state index contributed by atoms with van der Waals surface area (Å²) in [7, 11) is 0. The number of carbonyl (C=O) groups is 5. The number of ether oxygens (including phenoxy) is 4. The minimum Gasteiger partial charge on any atom is -0.479 e. The summed E-state index contributed by atoms with van der Waals surface area (Å²) >= 11 is 0.661. The van der Waals surface area contributed by atoms with Gasteiger partial charge in [-0.05, 0) is 52.7 Å². The predicted molar refractivity (Wildman–Crippen MR) is 169 cm³/mol. The molecule has 252 valence electrons. The van der Waals surface area contributed by atoms with Gasteiger partial charge >= 0.3 is 30.2 Å². The van der Waals surface area contributed by atoms with E-state index in [-0.39, 0.29) is 11.0 Å². The maximum Gasteiger partial charge on any atom is 0.414 e. The first kappa shape index (κ1) is 36.2. The van der Waals surface area contributed by atoms with Gasteiger partial charge in [0.25, 0.3) is 0 Å². The number of aromatic nitrogens is 2. The van der Waals surface area contributed by atoms with Crippen LogP contribution in [0.1, 0.15) is 70.6 Å². The maximum atomic E-state index is 13.5. The molecule has 2 atom stereocenters. The molecule has 3 rings (SSSR count). The molecule has 0 aliphatic carbocycles. The average molecular weight is 672 g/mol. The number of hydrogen-bond donors (Lipinski definition) is 4. The number of carboxylic acid groups (broad SMARTS) is 1. The fraction of sp³-hybridized carbons (Fsp3) is 0.387. The second-order valence-electron chi connectivity index (χ2n) is 11.9. The van der Waals surface area contributed by atoms with Crippen LogP contribution in [0, 0.1) is 0 Å². The monoisotopic (exact) mass is 671 g/mol. The van der Waals surface area contributed by atoms with Crippen molar-refractivity contribution in [3.05, 3.63) is 77.6 Å². The number of benzene rings is 2. The molecule has 1 heterocycles. The summed E-state index contributed by atoms with van der Waals surface area (Å²) in [6.45, 7) is 9.08. The second kappa shape index (κ2) is 15.8. The Kier molecular flexibility index (Phi) is 12.2. The van der Waals surface area contributed by atoms with E-state index in [2.05, 4.69) is 25.3 Å². The van der Waals surface area contributed by atoms with E-state index >= 15 is 0 Å². The van der Waals surface area contributed by atoms with Crippen LogP contribution in [0.25, 0.3) is 0 Å². The molecule has 1 aromatic heterocycles. The Hall–Kier alpha value is -5.25. The SMILES string of the molecule is CC(C)(C)OC(=O)Nc1nc([C@@H](NC(=O)OCC(NC(=O)OC(C)(C)C)C(=O)OC(c2ccccc2)c2ccccc2)C(=O)O)ns1. The van der Waals surface area contributed by atoms with Crippen molar-refractivity contribution < 1.29 is 48.0 Å². The number of nitrogens with zero attached hydrogens (tertiary/aromatic N) is 2. The number of nitrogens with one attached hydrogen (secondary N) is 3. The van der Waals surface area contributed by atoms with Crippen LogP contribution in [0.4, 0.5) is 19.5 Å². The molecule has 3 aromatic rings. The van der Waals surface area contributed by atoms with E-state index in [1.54, 1.807) is 102 Å². The molecule has 15 nitrogen and oxygen atoms in total. The highest BCUT2D eigenvalue weighted by Crippen LogP contribution is 2.26. The van der Waals surface area contributed by atoms with Crippen molar-refractivity contribution in [3.8, 4) is 0 Å². The number of hydrogen-bond acceptors (Lipinski definition) is 12. The van der Waals surface area contributed by atoms with Gasteiger partial charge in [-0.3, -0.25) is 5.32 Å². The third-order valence-electron chi connectivity index (χ3n) is 5.61. The third kappa shape index (κ3) is 12.2. The normalized spacial score (nSPS) is 12.7. The number of carboxylic acids is 1. The lowest BCUT2D eigenvalue weighted by Gasteiger charge is -2.25. The zero-order valence-corrected chi connectivity index (χ0v) is 27.5. The van der Waals surface area contributed by atoms with Gasteiger partial charge in [0.1, 0.15) is 17.8 Å². The van der Waals surface area contributed by atoms with E-state index in [0.29, 0.717) is 22.7 Å². The first-order valence-electron chi connectivity index (χ1n) is 14.3. The van der Waals surface area contributed by atoms with E-state index in [9.17, 15) is 29.1 Å². The molecule has 0 radical (unpaired) electrons. The minimum absolute atomic E-state index is 0.0774. The van der Waals surface area contributed by atoms with E-state index in [1.807, 2.05) is 0 Å². The van der Waals surface area contributed by atoms with Gasteiger partial charge in [-0.1, -0.05) is 60.7 Å². The summed E-state index contributed by atoms with van der Waals surface area (Å²) in [5.41, 5.74) is -0.427. The zero-order valence-electron chi connectivity index (χ0n) is 26.6. The molecule has 0 aliphatic rings. The lowest BCUT2D eigenvalue weighted by molar-refractivity contribution is -0.151. The molecule has 0 bridgehead atoms. The van der Waals surface area contributed by atoms with Crippen LogP contribution in [0.2, 0.25) is 0 Å². The third-order valence-corrected chi connectivity index (χ3v) is 6.26. The quantitative estimate of drug-likeness (QED) is 0.158. The summed E-state index contributed by atoms with van der Waals surface area (Å²) in [5, 5.41) is 16.4. The first-order valence-corrected chi connectivity index (χ1v) is 15.1. The Balaban J connectivity index is 1.74. The van der Waals surface area contributed by atoms with Crippen molar-refractivity contribution in [1.29, 1.82) is 0 Å². The molecule has 2 aromatic carbocycles. The van der Waals surface area contributed by atoms with Gasteiger partial charge in [0.2, 0.25) is 5.13 Å². The van der Waals surface area contributed by atoms with Crippen molar-refractivity contribution in [2.45, 2.75) is 70.9 Å². The number of anilines is 1. The smallest absolute Gasteiger partial charge is 0.414 e. The summed E-state index contributed by atoms with van der Waals surface area (Å²) in [4.78, 5) is 66.8. The molecular weight excluding hydrogens is 634 g/mol. The van der Waals surface area contributed by atoms with Crippen molar-refractivity contribution >= 4 is 46.9 Å². The van der Waals surface area contributed by atoms with Crippen LogP contribution in [0.5, 0.6) is 0 Å². The molecule has 1 unspecified atom stereocenters. The zero-order chi connectivity index (χ0) is 34.8. The molecule has 16 heteroatoms. The highest BCUT2D eigenvalue weighted by atomic mass is 32.1. The lowest BCUT2D eigenvalue weighted by Crippen LogP contribution is -2.48. The summed E-state index contributed by atoms with van der Waals surface area (Å²) in [5.74, 6) is -2.86. The molecule has 0 saturated heterocycles. The van der Waals surface area contributed by atoms with Gasteiger partial charge in [0, 0.05) is 11.5 Å². The van der Waals surface area contributed by atoms with Crippen LogP contribution >= 0.6 is 11.5 Å². The van der Waals surface area contributed by atoms with Crippen molar-refractivity contribution in [2.24, 2.45) is 0 Å². The van der Waals surface area contributed by atoms with Crippen LogP contribution in [0.3, 0.4) is 0 Å². The fourth-order valence-electron chi connectivity index (χ4n) is 3.75. The molecule has 3 amide bonds. The van der Waals surface area contributed by atoms with Crippen molar-refractivity contribution in [1.82, 2.24) is 20.0 Å². The minimum atomic E-state index is -1.79. The van der Waals surface area contributed by atoms with Gasteiger partial charge in [0.15, 0.2) is 24.0 Å². The Morgan fingerprint density at radius 2 is 1.32 bits per heavy atom. The number of esters is 1. The summed E-state index contributed by atoms with van der Waals surface area (Å²) in [6.07, 6.45) is -3.98. The van der Waals surface area contributed by atoms with Crippen LogP contribution in [-0.2, 0) is 28.5 Å². The fourth-order valence-corrected chi connectivity index (χ4v) is 4.34. The standard InChI is InChI=1S/C31H37N5O10S/c1-30(2,3)45-28(41)32-20(25(39)44-22(18-13-9-7-10-14-18)19-15-11-8-12-16-19)17-43-27(40)33-21(24(37)38)23-34-26(47-36-23)35-29(42)46-31(4,5)6/h7-16,20-22H,17H2,1-6H3,(H,32,41)(H,33,40)(H,37,38)(H,34,35,36,42)/t20?,21-/m1/s1. The molecule has 47 heavy (non-hydrogen) atoms. The summed E-state index contributed by atoms with van der Waals surface area (Å²) < 4.78 is 25.3. The molecule has 0 saturated carbocycles. The number of rotatable bonds is 11. The van der Waals surface area contributed by atoms with Gasteiger partial charge in [-0.15, -0.1) is 0 Å². The maximum absolute atomic E-state index is 13.5. The number of aliphatic carboxylic acids is 1. The van der Waals surface area contributed by atoms with Crippen molar-refractivity contribution in [3.63, 3.8) is 0 Å². The predicted octanol–water partition coefficient (Wildman–Crippen LogP) is 4.96. The topological polar surface area (TPSA) is 204 Å². The largest absolute Gasteiger partial charge is 0.479 e. The van der Waals surface area contributed by atoms with Gasteiger partial charge in [-0.2, -0.15) is 4.37 Å². The van der Waals surface area contributed by atoms with Gasteiger partial charge in [0.05, 0.1) is 0 Å². The molecule has 0 spiro atoms. The van der Waals surface area contributed by atoms with Crippen LogP contribution in [0.15, 0.2) is 60.7 Å². The molecule has 0 aliphatic heterocycles. The number of alkyl carbamates (subject to hydrolysis) is 2. The Morgan fingerprint density at radius 3 is 1.83 bits per heavy atom. The summed E-state index contributed by atoms with van der Waals surface area (Å²) in [6, 6.07) is 14.4. The first-order chi connectivity index (χ1) is 22.0. The van der Waals surface area contributed by atoms with Gasteiger partial charge < -0.3 is 34.7 Å². The Bertz CT molecular complexity index is 1500. The Labute approximate surface area is 275 Å². The molecular formula is C31H37N5O10S. The van der Waals surface area contributed by atoms with Gasteiger partial charge in [-0.25, -0.2) is 29.0 Å². The molecule has 4 N–H and O–H groups in total. The van der Waals surface area contributed by atoms with Crippen LogP contribution in [-0.4, -0.2) is 68.5 Å². The van der Waals surface area contributed by atoms with Crippen LogP contribution < -0.4 is 16.0 Å².